The van der Waals surface area contributed by atoms with Crippen molar-refractivity contribution in [3.05, 3.63) is 52.1 Å². The summed E-state index contributed by atoms with van der Waals surface area (Å²) in [7, 11) is 3.17. The van der Waals surface area contributed by atoms with Crippen molar-refractivity contribution in [3.63, 3.8) is 0 Å². The van der Waals surface area contributed by atoms with Crippen molar-refractivity contribution in [1.29, 1.82) is 0 Å². The zero-order chi connectivity index (χ0) is 18.6. The number of hydrogen-bond donors (Lipinski definition) is 0. The summed E-state index contributed by atoms with van der Waals surface area (Å²) in [5, 5.41) is 19.0. The van der Waals surface area contributed by atoms with E-state index in [9.17, 15) is 10.1 Å². The molecule has 2 aromatic carbocycles. The van der Waals surface area contributed by atoms with Crippen LogP contribution in [0.25, 0.3) is 0 Å². The molecular formula is C18H21N3O4. The Morgan fingerprint density at radius 1 is 0.960 bits per heavy atom. The summed E-state index contributed by atoms with van der Waals surface area (Å²) in [5.41, 5.74) is 1.92. The maximum absolute atomic E-state index is 10.7. The van der Waals surface area contributed by atoms with Crippen LogP contribution in [0.3, 0.4) is 0 Å². The molecule has 0 aliphatic heterocycles. The average Bonchev–Trinajstić information content (AvgIpc) is 2.58. The fraction of sp³-hybridized carbons (Fsp3) is 0.333. The molecule has 25 heavy (non-hydrogen) atoms. The standard InChI is InChI=1S/C18H21N3O4/c1-18(2,3)14-10-17(25-5)15(11-16(14)24-4)20-19-12-6-8-13(9-7-12)21(22)23/h6-11H,1-5H3. The molecule has 0 amide bonds. The highest BCUT2D eigenvalue weighted by Gasteiger charge is 2.21. The van der Waals surface area contributed by atoms with E-state index in [0.717, 1.165) is 5.56 Å². The van der Waals surface area contributed by atoms with E-state index < -0.39 is 4.92 Å². The Hall–Kier alpha value is -2.96. The highest BCUT2D eigenvalue weighted by atomic mass is 16.6. The van der Waals surface area contributed by atoms with Gasteiger partial charge in [-0.25, -0.2) is 0 Å². The molecule has 0 radical (unpaired) electrons. The van der Waals surface area contributed by atoms with Gasteiger partial charge in [0, 0.05) is 23.8 Å². The molecular weight excluding hydrogens is 322 g/mol. The molecule has 0 unspecified atom stereocenters. The van der Waals surface area contributed by atoms with Crippen LogP contribution in [0.15, 0.2) is 46.6 Å². The van der Waals surface area contributed by atoms with Gasteiger partial charge in [-0.15, -0.1) is 5.11 Å². The summed E-state index contributed by atoms with van der Waals surface area (Å²) in [5.74, 6) is 1.28. The van der Waals surface area contributed by atoms with E-state index in [4.69, 9.17) is 9.47 Å². The van der Waals surface area contributed by atoms with Crippen molar-refractivity contribution in [3.8, 4) is 11.5 Å². The van der Waals surface area contributed by atoms with Gasteiger partial charge in [0.15, 0.2) is 0 Å². The van der Waals surface area contributed by atoms with E-state index in [-0.39, 0.29) is 11.1 Å². The van der Waals surface area contributed by atoms with E-state index in [2.05, 4.69) is 31.0 Å². The van der Waals surface area contributed by atoms with Gasteiger partial charge in [0.1, 0.15) is 17.2 Å². The number of methoxy groups -OCH3 is 2. The molecule has 0 aliphatic carbocycles. The molecule has 0 saturated carbocycles. The minimum Gasteiger partial charge on any atom is -0.496 e. The van der Waals surface area contributed by atoms with E-state index in [1.807, 2.05) is 6.07 Å². The lowest BCUT2D eigenvalue weighted by Gasteiger charge is -2.23. The Balaban J connectivity index is 2.39. The number of ether oxygens (including phenoxy) is 2. The van der Waals surface area contributed by atoms with Crippen LogP contribution < -0.4 is 9.47 Å². The van der Waals surface area contributed by atoms with Gasteiger partial charge in [0.05, 0.1) is 24.8 Å². The summed E-state index contributed by atoms with van der Waals surface area (Å²) >= 11 is 0. The lowest BCUT2D eigenvalue weighted by atomic mass is 9.86. The topological polar surface area (TPSA) is 86.3 Å². The van der Waals surface area contributed by atoms with E-state index in [1.165, 1.54) is 24.3 Å². The number of azo groups is 1. The normalized spacial score (nSPS) is 11.6. The quantitative estimate of drug-likeness (QED) is 0.417. The number of hydrogen-bond acceptors (Lipinski definition) is 6. The van der Waals surface area contributed by atoms with Gasteiger partial charge in [-0.1, -0.05) is 20.8 Å². The predicted octanol–water partition coefficient (Wildman–Crippen LogP) is 5.32. The summed E-state index contributed by atoms with van der Waals surface area (Å²) in [6.45, 7) is 6.26. The van der Waals surface area contributed by atoms with Crippen molar-refractivity contribution >= 4 is 17.1 Å². The molecule has 0 aliphatic rings. The lowest BCUT2D eigenvalue weighted by Crippen LogP contribution is -2.13. The Labute approximate surface area is 146 Å². The third kappa shape index (κ3) is 4.32. The molecule has 0 heterocycles. The second kappa shape index (κ2) is 7.29. The maximum Gasteiger partial charge on any atom is 0.269 e. The third-order valence-electron chi connectivity index (χ3n) is 3.64. The first-order valence-corrected chi connectivity index (χ1v) is 7.69. The lowest BCUT2D eigenvalue weighted by molar-refractivity contribution is -0.384. The fourth-order valence-electron chi connectivity index (χ4n) is 2.30. The third-order valence-corrected chi connectivity index (χ3v) is 3.64. The van der Waals surface area contributed by atoms with Crippen LogP contribution in [0.2, 0.25) is 0 Å². The van der Waals surface area contributed by atoms with Crippen molar-refractivity contribution in [2.75, 3.05) is 14.2 Å². The Kier molecular flexibility index (Phi) is 5.36. The number of benzene rings is 2. The summed E-state index contributed by atoms with van der Waals surface area (Å²) in [6.07, 6.45) is 0. The highest BCUT2D eigenvalue weighted by Crippen LogP contribution is 2.40. The average molecular weight is 343 g/mol. The fourth-order valence-corrected chi connectivity index (χ4v) is 2.30. The van der Waals surface area contributed by atoms with Gasteiger partial charge in [-0.05, 0) is 23.6 Å². The largest absolute Gasteiger partial charge is 0.496 e. The first kappa shape index (κ1) is 18.4. The number of nitrogens with zero attached hydrogens (tertiary/aromatic N) is 3. The van der Waals surface area contributed by atoms with E-state index >= 15 is 0 Å². The van der Waals surface area contributed by atoms with Crippen LogP contribution in [0, 0.1) is 10.1 Å². The number of nitro groups is 1. The summed E-state index contributed by atoms with van der Waals surface area (Å²) < 4.78 is 10.9. The molecule has 0 fully saturated rings. The van der Waals surface area contributed by atoms with Gasteiger partial charge in [-0.2, -0.15) is 5.11 Å². The molecule has 0 saturated heterocycles. The molecule has 0 atom stereocenters. The predicted molar refractivity (Wildman–Crippen MR) is 95.5 cm³/mol. The van der Waals surface area contributed by atoms with E-state index in [0.29, 0.717) is 22.9 Å². The smallest absolute Gasteiger partial charge is 0.269 e. The highest BCUT2D eigenvalue weighted by molar-refractivity contribution is 5.60. The number of nitro benzene ring substituents is 1. The van der Waals surface area contributed by atoms with Crippen LogP contribution in [-0.2, 0) is 5.41 Å². The molecule has 2 aromatic rings. The Bertz CT molecular complexity index is 793. The molecule has 0 aromatic heterocycles. The monoisotopic (exact) mass is 343 g/mol. The van der Waals surface area contributed by atoms with Gasteiger partial charge in [0.25, 0.3) is 5.69 Å². The van der Waals surface area contributed by atoms with Gasteiger partial charge in [-0.3, -0.25) is 10.1 Å². The minimum atomic E-state index is -0.458. The zero-order valence-corrected chi connectivity index (χ0v) is 14.9. The van der Waals surface area contributed by atoms with Crippen LogP contribution >= 0.6 is 0 Å². The molecule has 7 nitrogen and oxygen atoms in total. The van der Waals surface area contributed by atoms with Crippen LogP contribution in [0.1, 0.15) is 26.3 Å². The molecule has 132 valence electrons. The van der Waals surface area contributed by atoms with Crippen molar-refractivity contribution in [2.45, 2.75) is 26.2 Å². The van der Waals surface area contributed by atoms with Crippen molar-refractivity contribution < 1.29 is 14.4 Å². The number of non-ortho nitro benzene ring substituents is 1. The zero-order valence-electron chi connectivity index (χ0n) is 14.9. The second-order valence-corrected chi connectivity index (χ2v) is 6.45. The first-order chi connectivity index (χ1) is 11.8. The van der Waals surface area contributed by atoms with Crippen molar-refractivity contribution in [2.24, 2.45) is 10.2 Å². The second-order valence-electron chi connectivity index (χ2n) is 6.45. The molecule has 2 rings (SSSR count). The number of rotatable bonds is 5. The molecule has 0 N–H and O–H groups in total. The van der Waals surface area contributed by atoms with E-state index in [1.54, 1.807) is 20.3 Å². The van der Waals surface area contributed by atoms with Gasteiger partial charge < -0.3 is 9.47 Å². The summed E-state index contributed by atoms with van der Waals surface area (Å²) in [4.78, 5) is 10.2. The maximum atomic E-state index is 10.7. The summed E-state index contributed by atoms with van der Waals surface area (Å²) in [6, 6.07) is 9.50. The minimum absolute atomic E-state index is 0.00716. The molecule has 0 spiro atoms. The van der Waals surface area contributed by atoms with Crippen LogP contribution in [0.5, 0.6) is 11.5 Å². The van der Waals surface area contributed by atoms with Crippen LogP contribution in [0.4, 0.5) is 17.1 Å². The molecule has 0 bridgehead atoms. The van der Waals surface area contributed by atoms with Gasteiger partial charge >= 0.3 is 0 Å². The van der Waals surface area contributed by atoms with Crippen LogP contribution in [-0.4, -0.2) is 19.1 Å². The Morgan fingerprint density at radius 2 is 1.56 bits per heavy atom. The SMILES string of the molecule is COc1cc(C(C)(C)C)c(OC)cc1N=Nc1ccc([N+](=O)[O-])cc1. The molecule has 7 heteroatoms. The van der Waals surface area contributed by atoms with Gasteiger partial charge in [0.2, 0.25) is 0 Å². The van der Waals surface area contributed by atoms with Crippen molar-refractivity contribution in [1.82, 2.24) is 0 Å². The Morgan fingerprint density at radius 3 is 2.04 bits per heavy atom. The first-order valence-electron chi connectivity index (χ1n) is 7.69.